The molecule has 0 saturated heterocycles. The van der Waals surface area contributed by atoms with Gasteiger partial charge >= 0.3 is 0 Å². The van der Waals surface area contributed by atoms with Gasteiger partial charge in [-0.3, -0.25) is 4.79 Å². The van der Waals surface area contributed by atoms with Crippen LogP contribution in [0.3, 0.4) is 0 Å². The molecule has 172 valence electrons. The number of nitriles is 1. The quantitative estimate of drug-likeness (QED) is 0.488. The van der Waals surface area contributed by atoms with Crippen LogP contribution in [0.4, 0.5) is 0 Å². The zero-order valence-electron chi connectivity index (χ0n) is 19.0. The summed E-state index contributed by atoms with van der Waals surface area (Å²) in [6, 6.07) is 15.3. The topological polar surface area (TPSA) is 105 Å². The lowest BCUT2D eigenvalue weighted by Gasteiger charge is -2.27. The number of hydrogen-bond acceptors (Lipinski definition) is 6. The number of rotatable bonds is 12. The molecule has 0 aliphatic rings. The fourth-order valence-electron chi connectivity index (χ4n) is 3.02. The zero-order valence-corrected chi connectivity index (χ0v) is 19.8. The summed E-state index contributed by atoms with van der Waals surface area (Å²) in [6.45, 7) is 6.26. The number of ether oxygens (including phenoxy) is 2. The maximum absolute atomic E-state index is 11.8. The van der Waals surface area contributed by atoms with Crippen LogP contribution in [0.1, 0.15) is 50.3 Å². The van der Waals surface area contributed by atoms with E-state index in [1.807, 2.05) is 30.3 Å². The van der Waals surface area contributed by atoms with Crippen LogP contribution >= 0.6 is 0 Å². The average molecular weight is 459 g/mol. The molecule has 0 aromatic heterocycles. The van der Waals surface area contributed by atoms with Gasteiger partial charge in [0.2, 0.25) is 10.0 Å². The summed E-state index contributed by atoms with van der Waals surface area (Å²) in [5.41, 5.74) is 1.92. The van der Waals surface area contributed by atoms with Crippen LogP contribution in [0, 0.1) is 11.3 Å². The van der Waals surface area contributed by atoms with E-state index in [9.17, 15) is 18.5 Å². The molecular weight excluding hydrogens is 428 g/mol. The predicted octanol–water partition coefficient (Wildman–Crippen LogP) is 3.56. The molecule has 0 unspecified atom stereocenters. The van der Waals surface area contributed by atoms with Crippen molar-refractivity contribution >= 4 is 15.8 Å². The number of ketones is 1. The van der Waals surface area contributed by atoms with Crippen molar-refractivity contribution in [3.05, 3.63) is 59.2 Å². The Morgan fingerprint density at radius 2 is 1.75 bits per heavy atom. The average Bonchev–Trinajstić information content (AvgIpc) is 2.76. The van der Waals surface area contributed by atoms with Gasteiger partial charge in [-0.15, -0.1) is 0 Å². The summed E-state index contributed by atoms with van der Waals surface area (Å²) < 4.78 is 35.5. The number of unbranched alkanes of at least 4 members (excludes halogenated alkanes) is 1. The number of benzene rings is 2. The molecule has 0 radical (unpaired) electrons. The highest BCUT2D eigenvalue weighted by atomic mass is 32.2. The number of sulfonamides is 1. The fourth-order valence-corrected chi connectivity index (χ4v) is 3.44. The van der Waals surface area contributed by atoms with E-state index in [2.05, 4.69) is 31.6 Å². The Morgan fingerprint density at radius 3 is 2.34 bits per heavy atom. The standard InChI is InChI=1S/C24H30N2O5S/c1-5-6-13-30-22-10-7-19(8-11-22)24(2,3)20-9-12-23(18(14-20)15-25)31-17-21(27)16-26-32(4,28)29/h7-12,14,26H,5-6,13,16-17H2,1-4H3. The molecule has 0 bridgehead atoms. The molecule has 2 aromatic carbocycles. The van der Waals surface area contributed by atoms with E-state index in [1.54, 1.807) is 12.1 Å². The van der Waals surface area contributed by atoms with Crippen LogP contribution in [0.15, 0.2) is 42.5 Å². The van der Waals surface area contributed by atoms with Gasteiger partial charge in [-0.25, -0.2) is 13.1 Å². The maximum atomic E-state index is 11.8. The molecule has 0 aliphatic carbocycles. The van der Waals surface area contributed by atoms with Crippen LogP contribution in [0.5, 0.6) is 11.5 Å². The Balaban J connectivity index is 2.11. The van der Waals surface area contributed by atoms with Crippen molar-refractivity contribution in [1.82, 2.24) is 4.72 Å². The minimum absolute atomic E-state index is 0.277. The summed E-state index contributed by atoms with van der Waals surface area (Å²) in [6.07, 6.45) is 3.07. The normalized spacial score (nSPS) is 11.6. The predicted molar refractivity (Wildman–Crippen MR) is 123 cm³/mol. The van der Waals surface area contributed by atoms with Gasteiger partial charge in [-0.2, -0.15) is 5.26 Å². The first kappa shape index (κ1) is 25.4. The number of hydrogen-bond donors (Lipinski definition) is 1. The molecule has 7 nitrogen and oxygen atoms in total. The van der Waals surface area contributed by atoms with E-state index >= 15 is 0 Å². The number of nitrogens with zero attached hydrogens (tertiary/aromatic N) is 1. The van der Waals surface area contributed by atoms with E-state index in [1.165, 1.54) is 0 Å². The second-order valence-electron chi connectivity index (χ2n) is 8.09. The second-order valence-corrected chi connectivity index (χ2v) is 9.93. The molecule has 0 amide bonds. The summed E-state index contributed by atoms with van der Waals surface area (Å²) in [4.78, 5) is 11.8. The monoisotopic (exact) mass is 458 g/mol. The van der Waals surface area contributed by atoms with Crippen LogP contribution in [-0.2, 0) is 20.2 Å². The highest BCUT2D eigenvalue weighted by Crippen LogP contribution is 2.34. The molecule has 2 rings (SSSR count). The van der Waals surface area contributed by atoms with Crippen molar-refractivity contribution in [2.24, 2.45) is 0 Å². The Labute approximate surface area is 190 Å². The van der Waals surface area contributed by atoms with Gasteiger partial charge in [0.1, 0.15) is 24.2 Å². The van der Waals surface area contributed by atoms with Crippen LogP contribution in [0.2, 0.25) is 0 Å². The molecular formula is C24H30N2O5S. The van der Waals surface area contributed by atoms with Crippen molar-refractivity contribution in [3.8, 4) is 17.6 Å². The Hall–Kier alpha value is -2.89. The molecule has 0 atom stereocenters. The van der Waals surface area contributed by atoms with E-state index in [0.29, 0.717) is 12.2 Å². The minimum Gasteiger partial charge on any atom is -0.494 e. The molecule has 0 heterocycles. The second kappa shape index (κ2) is 11.1. The Bertz CT molecular complexity index is 1070. The lowest BCUT2D eigenvalue weighted by Crippen LogP contribution is -2.31. The van der Waals surface area contributed by atoms with Crippen molar-refractivity contribution in [1.29, 1.82) is 5.26 Å². The minimum atomic E-state index is -3.46. The van der Waals surface area contributed by atoms with Crippen molar-refractivity contribution in [2.75, 3.05) is 26.0 Å². The highest BCUT2D eigenvalue weighted by molar-refractivity contribution is 7.88. The smallest absolute Gasteiger partial charge is 0.209 e. The van der Waals surface area contributed by atoms with Crippen LogP contribution in [0.25, 0.3) is 0 Å². The molecule has 1 N–H and O–H groups in total. The molecule has 8 heteroatoms. The van der Waals surface area contributed by atoms with Gasteiger partial charge in [0.05, 0.1) is 25.0 Å². The first-order valence-electron chi connectivity index (χ1n) is 10.4. The third kappa shape index (κ3) is 7.36. The molecule has 0 fully saturated rings. The summed E-state index contributed by atoms with van der Waals surface area (Å²) >= 11 is 0. The third-order valence-electron chi connectivity index (χ3n) is 5.08. The van der Waals surface area contributed by atoms with Gasteiger partial charge in [0, 0.05) is 5.41 Å². The maximum Gasteiger partial charge on any atom is 0.209 e. The van der Waals surface area contributed by atoms with E-state index in [0.717, 1.165) is 36.0 Å². The molecule has 32 heavy (non-hydrogen) atoms. The van der Waals surface area contributed by atoms with Gasteiger partial charge in [-0.05, 0) is 41.8 Å². The first-order valence-corrected chi connectivity index (χ1v) is 12.3. The van der Waals surface area contributed by atoms with Crippen molar-refractivity contribution < 1.29 is 22.7 Å². The molecule has 2 aromatic rings. The first-order chi connectivity index (χ1) is 15.1. The lowest BCUT2D eigenvalue weighted by molar-refractivity contribution is -0.119. The number of Topliss-reactive ketones (excluding diaryl/α,β-unsaturated/α-hetero) is 1. The van der Waals surface area contributed by atoms with Crippen molar-refractivity contribution in [3.63, 3.8) is 0 Å². The SMILES string of the molecule is CCCCOc1ccc(C(C)(C)c2ccc(OCC(=O)CNS(C)(=O)=O)c(C#N)c2)cc1. The van der Waals surface area contributed by atoms with Crippen LogP contribution in [-0.4, -0.2) is 40.2 Å². The zero-order chi connectivity index (χ0) is 23.8. The Morgan fingerprint density at radius 1 is 1.09 bits per heavy atom. The lowest BCUT2D eigenvalue weighted by atomic mass is 9.77. The summed E-state index contributed by atoms with van der Waals surface area (Å²) in [5.74, 6) is 0.666. The molecule has 0 saturated carbocycles. The summed E-state index contributed by atoms with van der Waals surface area (Å²) in [5, 5.41) is 9.57. The summed E-state index contributed by atoms with van der Waals surface area (Å²) in [7, 11) is -3.46. The number of carbonyl (C=O) groups excluding carboxylic acids is 1. The van der Waals surface area contributed by atoms with Gasteiger partial charge in [0.25, 0.3) is 0 Å². The van der Waals surface area contributed by atoms with E-state index in [4.69, 9.17) is 9.47 Å². The fraction of sp³-hybridized carbons (Fsp3) is 0.417. The van der Waals surface area contributed by atoms with Gasteiger partial charge in [0.15, 0.2) is 5.78 Å². The Kier molecular flexibility index (Phi) is 8.81. The molecule has 0 aliphatic heterocycles. The van der Waals surface area contributed by atoms with Gasteiger partial charge in [-0.1, -0.05) is 45.4 Å². The van der Waals surface area contributed by atoms with E-state index < -0.39 is 15.8 Å². The number of nitrogens with one attached hydrogen (secondary N) is 1. The van der Waals surface area contributed by atoms with Gasteiger partial charge < -0.3 is 9.47 Å². The third-order valence-corrected chi connectivity index (χ3v) is 5.75. The highest BCUT2D eigenvalue weighted by Gasteiger charge is 2.24. The number of carbonyl (C=O) groups is 1. The van der Waals surface area contributed by atoms with Crippen LogP contribution < -0.4 is 14.2 Å². The van der Waals surface area contributed by atoms with E-state index in [-0.39, 0.29) is 24.3 Å². The molecule has 0 spiro atoms. The largest absolute Gasteiger partial charge is 0.494 e. The van der Waals surface area contributed by atoms with Crippen molar-refractivity contribution in [2.45, 2.75) is 39.0 Å².